The molecule has 4 aromatic carbocycles. The number of benzene rings is 4. The van der Waals surface area contributed by atoms with Gasteiger partial charge in [0, 0.05) is 66.5 Å². The van der Waals surface area contributed by atoms with E-state index in [2.05, 4.69) is 82.0 Å². The molecule has 4 heterocycles. The molecule has 9 heteroatoms. The molecule has 0 atom stereocenters. The summed E-state index contributed by atoms with van der Waals surface area (Å²) in [6.07, 6.45) is 2.08. The lowest BCUT2D eigenvalue weighted by atomic mass is 9.97. The molecular weight excluding hydrogens is 626 g/mol. The zero-order valence-corrected chi connectivity index (χ0v) is 28.8. The third kappa shape index (κ3) is 5.85. The lowest BCUT2D eigenvalue weighted by Gasteiger charge is -2.30. The number of carbonyl (C=O) groups is 1. The van der Waals surface area contributed by atoms with Crippen molar-refractivity contribution in [3.8, 4) is 16.9 Å². The van der Waals surface area contributed by atoms with Crippen LogP contribution < -0.4 is 14.5 Å². The van der Waals surface area contributed by atoms with E-state index in [1.807, 2.05) is 36.0 Å². The van der Waals surface area contributed by atoms with Gasteiger partial charge in [0.05, 0.1) is 43.3 Å². The van der Waals surface area contributed by atoms with Gasteiger partial charge in [0.1, 0.15) is 11.4 Å². The molecule has 0 amide bonds. The second kappa shape index (κ2) is 13.6. The van der Waals surface area contributed by atoms with E-state index in [1.165, 1.54) is 5.69 Å². The fourth-order valence-electron chi connectivity index (χ4n) is 7.99. The molecule has 0 radical (unpaired) electrons. The quantitative estimate of drug-likeness (QED) is 0.169. The van der Waals surface area contributed by atoms with E-state index in [0.717, 1.165) is 100 Å². The van der Waals surface area contributed by atoms with Gasteiger partial charge in [0.15, 0.2) is 0 Å². The first-order valence-corrected chi connectivity index (χ1v) is 17.7. The van der Waals surface area contributed by atoms with Gasteiger partial charge in [-0.3, -0.25) is 4.68 Å². The standard InChI is InChI=1S/C41H43N5O4/c1-28-38-35-13-6-12-33-34(14-7-24-50-37-15-5-10-29-9-3-4-11-32(29)37)40(41(47)48)46(39(33)35)21-8-20-45(27-36(38)43(2)42-28)31-18-16-30(17-19-31)44-22-25-49-26-23-44/h3-6,9-13,15-19H,7-8,14,20-27H2,1-2H3,(H,47,48). The molecule has 6 aromatic rings. The highest BCUT2D eigenvalue weighted by atomic mass is 16.5. The number of hydrogen-bond donors (Lipinski definition) is 1. The van der Waals surface area contributed by atoms with Crippen molar-refractivity contribution in [2.75, 3.05) is 49.3 Å². The number of aromatic carboxylic acids is 1. The maximum absolute atomic E-state index is 13.1. The summed E-state index contributed by atoms with van der Waals surface area (Å²) >= 11 is 0. The second-order valence-corrected chi connectivity index (χ2v) is 13.3. The summed E-state index contributed by atoms with van der Waals surface area (Å²) in [5.74, 6) is -0.0441. The van der Waals surface area contributed by atoms with Crippen molar-refractivity contribution in [3.05, 3.63) is 108 Å². The fraction of sp³-hybridized carbons (Fsp3) is 0.317. The molecule has 0 spiro atoms. The summed E-state index contributed by atoms with van der Waals surface area (Å²) in [4.78, 5) is 17.9. The van der Waals surface area contributed by atoms with Crippen LogP contribution in [0.2, 0.25) is 0 Å². The molecule has 0 bridgehead atoms. The Morgan fingerprint density at radius 3 is 2.38 bits per heavy atom. The Labute approximate surface area is 292 Å². The smallest absolute Gasteiger partial charge is 0.352 e. The zero-order chi connectivity index (χ0) is 34.2. The molecule has 1 fully saturated rings. The first-order valence-electron chi connectivity index (χ1n) is 17.7. The molecule has 8 rings (SSSR count). The SMILES string of the molecule is Cc1nn(C)c2c1-c1cccc3c(CCCOc4cccc5ccccc45)c(C(=O)O)n(c13)CCCN(c1ccc(N3CCOCC3)cc1)C2. The van der Waals surface area contributed by atoms with Crippen molar-refractivity contribution in [2.24, 2.45) is 7.05 Å². The number of ether oxygens (including phenoxy) is 2. The van der Waals surface area contributed by atoms with Crippen LogP contribution in [0.15, 0.2) is 84.9 Å². The second-order valence-electron chi connectivity index (χ2n) is 13.3. The summed E-state index contributed by atoms with van der Waals surface area (Å²) in [7, 11) is 2.01. The Balaban J connectivity index is 1.13. The van der Waals surface area contributed by atoms with Crippen molar-refractivity contribution in [1.29, 1.82) is 0 Å². The summed E-state index contributed by atoms with van der Waals surface area (Å²) in [5, 5.41) is 18.9. The van der Waals surface area contributed by atoms with Crippen LogP contribution >= 0.6 is 0 Å². The van der Waals surface area contributed by atoms with Crippen molar-refractivity contribution in [1.82, 2.24) is 14.3 Å². The van der Waals surface area contributed by atoms with Gasteiger partial charge in [-0.25, -0.2) is 4.79 Å². The lowest BCUT2D eigenvalue weighted by molar-refractivity contribution is 0.0684. The summed E-state index contributed by atoms with van der Waals surface area (Å²) in [6.45, 7) is 7.92. The average molecular weight is 670 g/mol. The molecule has 0 unspecified atom stereocenters. The van der Waals surface area contributed by atoms with E-state index in [0.29, 0.717) is 38.2 Å². The number of aryl methyl sites for hydroxylation is 4. The lowest BCUT2D eigenvalue weighted by Crippen LogP contribution is -2.36. The third-order valence-electron chi connectivity index (χ3n) is 10.3. The molecule has 1 saturated heterocycles. The van der Waals surface area contributed by atoms with Crippen LogP contribution in [-0.2, 0) is 31.3 Å². The number of anilines is 2. The molecule has 2 aliphatic heterocycles. The van der Waals surface area contributed by atoms with Gasteiger partial charge in [-0.2, -0.15) is 5.10 Å². The minimum atomic E-state index is -0.895. The monoisotopic (exact) mass is 669 g/mol. The van der Waals surface area contributed by atoms with Crippen molar-refractivity contribution in [2.45, 2.75) is 39.3 Å². The van der Waals surface area contributed by atoms with Crippen LogP contribution in [-0.4, -0.2) is 64.9 Å². The van der Waals surface area contributed by atoms with Gasteiger partial charge in [-0.15, -0.1) is 0 Å². The Hall–Kier alpha value is -5.28. The number of carboxylic acid groups (broad SMARTS) is 1. The predicted octanol–water partition coefficient (Wildman–Crippen LogP) is 7.46. The molecular formula is C41H43N5O4. The van der Waals surface area contributed by atoms with Gasteiger partial charge < -0.3 is 28.9 Å². The maximum Gasteiger partial charge on any atom is 0.352 e. The number of carboxylic acids is 1. The van der Waals surface area contributed by atoms with E-state index >= 15 is 0 Å². The van der Waals surface area contributed by atoms with Crippen LogP contribution in [0.1, 0.15) is 40.3 Å². The van der Waals surface area contributed by atoms with Crippen LogP contribution in [0.25, 0.3) is 32.8 Å². The van der Waals surface area contributed by atoms with Gasteiger partial charge in [-0.05, 0) is 67.5 Å². The number of fused-ring (bicyclic) bond motifs is 3. The Morgan fingerprint density at radius 2 is 1.58 bits per heavy atom. The van der Waals surface area contributed by atoms with Gasteiger partial charge in [-0.1, -0.05) is 54.6 Å². The van der Waals surface area contributed by atoms with Crippen LogP contribution in [0.5, 0.6) is 5.75 Å². The summed E-state index contributed by atoms with van der Waals surface area (Å²) in [6, 6.07) is 29.4. The highest BCUT2D eigenvalue weighted by Gasteiger charge is 2.28. The summed E-state index contributed by atoms with van der Waals surface area (Å²) < 4.78 is 15.9. The van der Waals surface area contributed by atoms with Crippen molar-refractivity contribution >= 4 is 39.0 Å². The van der Waals surface area contributed by atoms with E-state index in [9.17, 15) is 9.90 Å². The number of rotatable bonds is 8. The number of hydrogen-bond acceptors (Lipinski definition) is 6. The van der Waals surface area contributed by atoms with Crippen molar-refractivity contribution < 1.29 is 19.4 Å². The largest absolute Gasteiger partial charge is 0.493 e. The highest BCUT2D eigenvalue weighted by Crippen LogP contribution is 2.40. The average Bonchev–Trinajstić information content (AvgIpc) is 3.62. The molecule has 256 valence electrons. The molecule has 50 heavy (non-hydrogen) atoms. The molecule has 2 aliphatic rings. The normalized spacial score (nSPS) is 15.0. The first kappa shape index (κ1) is 32.0. The maximum atomic E-state index is 13.1. The van der Waals surface area contributed by atoms with Crippen LogP contribution in [0.3, 0.4) is 0 Å². The highest BCUT2D eigenvalue weighted by molar-refractivity contribution is 6.04. The fourth-order valence-corrected chi connectivity index (χ4v) is 7.99. The molecule has 1 N–H and O–H groups in total. The Morgan fingerprint density at radius 1 is 0.860 bits per heavy atom. The number of nitrogens with zero attached hydrogens (tertiary/aromatic N) is 5. The zero-order valence-electron chi connectivity index (χ0n) is 28.8. The van der Waals surface area contributed by atoms with Gasteiger partial charge in [0.25, 0.3) is 0 Å². The number of aromatic nitrogens is 3. The number of morpholine rings is 1. The molecule has 2 aromatic heterocycles. The van der Waals surface area contributed by atoms with E-state index in [-0.39, 0.29) is 0 Å². The van der Waals surface area contributed by atoms with E-state index < -0.39 is 5.97 Å². The van der Waals surface area contributed by atoms with Crippen LogP contribution in [0.4, 0.5) is 11.4 Å². The minimum absolute atomic E-state index is 0.377. The first-order chi connectivity index (χ1) is 24.5. The van der Waals surface area contributed by atoms with Crippen molar-refractivity contribution in [3.63, 3.8) is 0 Å². The summed E-state index contributed by atoms with van der Waals surface area (Å²) in [5.41, 5.74) is 8.75. The van der Waals surface area contributed by atoms with E-state index in [1.54, 1.807) is 0 Å². The minimum Gasteiger partial charge on any atom is -0.493 e. The molecule has 0 saturated carbocycles. The Kier molecular flexibility index (Phi) is 8.66. The molecule has 0 aliphatic carbocycles. The van der Waals surface area contributed by atoms with E-state index in [4.69, 9.17) is 14.6 Å². The van der Waals surface area contributed by atoms with Gasteiger partial charge >= 0.3 is 5.97 Å². The van der Waals surface area contributed by atoms with Crippen LogP contribution in [0, 0.1) is 6.92 Å². The predicted molar refractivity (Wildman–Crippen MR) is 199 cm³/mol. The number of para-hydroxylation sites is 1. The van der Waals surface area contributed by atoms with Gasteiger partial charge in [0.2, 0.25) is 0 Å². The third-order valence-corrected chi connectivity index (χ3v) is 10.3. The topological polar surface area (TPSA) is 85.0 Å². The Bertz CT molecular complexity index is 2170. The molecule has 9 nitrogen and oxygen atoms in total.